The van der Waals surface area contributed by atoms with Crippen LogP contribution in [0.5, 0.6) is 23.0 Å². The molecule has 0 atom stereocenters. The molecular weight excluding hydrogens is 1090 g/mol. The standard InChI is InChI=1S/C23H28N6O3.C22H25BrN6O2.C12H13N3O2/c1-30-19-14-26-23(27-15-19)28-16-2-4-18(5-3-16)32-21-13-17(29-8-10-31-11-9-29)12-20-22(21)25-7-6-24-20;23-15-13-26-22(27-14-15)28-16-1-3-18(4-2-16)31-20-12-17(29-7-9-30-10-8-29)11-19-21(20)25-6-5-24-19;16-11-8-9(15-3-5-17-6-4-15)7-10-12(11)14-2-1-13-10/h6-7,12-16,18H,2-5,8-11H2,1H3,(H,26,27,28);5-6,11-14,16,18H,1-4,7-10H2,(H,26,27,28);1-2,7-8,16H,3-6H2. The Bertz CT molecular complexity index is 3270. The van der Waals surface area contributed by atoms with Crippen molar-refractivity contribution in [1.82, 2.24) is 49.8 Å². The Morgan fingerprint density at radius 2 is 0.825 bits per heavy atom. The van der Waals surface area contributed by atoms with E-state index >= 15 is 0 Å². The number of methoxy groups -OCH3 is 1. The van der Waals surface area contributed by atoms with Crippen LogP contribution in [0.3, 0.4) is 0 Å². The molecular formula is C57H66BrN15O7. The fraction of sp³-hybridized carbons (Fsp3) is 0.439. The second-order valence-corrected chi connectivity index (χ2v) is 21.0. The van der Waals surface area contributed by atoms with Gasteiger partial charge in [-0.25, -0.2) is 34.9 Å². The van der Waals surface area contributed by atoms with E-state index in [9.17, 15) is 5.11 Å². The number of ether oxygens (including phenoxy) is 6. The van der Waals surface area contributed by atoms with Gasteiger partial charge in [0, 0.05) is 136 Å². The van der Waals surface area contributed by atoms with Gasteiger partial charge < -0.3 is 58.9 Å². The number of fused-ring (bicyclic) bond motifs is 3. The lowest BCUT2D eigenvalue weighted by molar-refractivity contribution is 0.122. The number of rotatable bonds is 12. The van der Waals surface area contributed by atoms with Crippen LogP contribution in [0.25, 0.3) is 33.1 Å². The molecule has 3 N–H and O–H groups in total. The van der Waals surface area contributed by atoms with Crippen molar-refractivity contribution >= 4 is 78.0 Å². The van der Waals surface area contributed by atoms with E-state index in [1.54, 1.807) is 75.1 Å². The molecule has 5 fully saturated rings. The predicted octanol–water partition coefficient (Wildman–Crippen LogP) is 8.06. The fourth-order valence-electron chi connectivity index (χ4n) is 10.5. The molecule has 8 heterocycles. The maximum absolute atomic E-state index is 9.92. The van der Waals surface area contributed by atoms with Crippen LogP contribution in [0.15, 0.2) is 103 Å². The second kappa shape index (κ2) is 26.6. The number of benzene rings is 3. The largest absolute Gasteiger partial charge is 0.506 e. The highest BCUT2D eigenvalue weighted by molar-refractivity contribution is 9.10. The summed E-state index contributed by atoms with van der Waals surface area (Å²) in [5.41, 5.74) is 7.83. The summed E-state index contributed by atoms with van der Waals surface area (Å²) >= 11 is 3.37. The van der Waals surface area contributed by atoms with Gasteiger partial charge in [-0.15, -0.1) is 0 Å². The zero-order valence-corrected chi connectivity index (χ0v) is 46.4. The van der Waals surface area contributed by atoms with Gasteiger partial charge in [0.25, 0.3) is 0 Å². The molecule has 3 aliphatic heterocycles. The SMILES string of the molecule is Brc1cnc(NC2CCC(Oc3cc(N4CCOCC4)cc4nccnc34)CC2)nc1.COc1cnc(NC2CCC(Oc3cc(N4CCOCC4)cc4nccnc34)CC2)nc1.Oc1cc(N2CCOCC2)cc2nccnc12. The molecule has 23 heteroatoms. The number of nitrogens with one attached hydrogen (secondary N) is 2. The van der Waals surface area contributed by atoms with Gasteiger partial charge in [-0.2, -0.15) is 0 Å². The molecule has 0 unspecified atom stereocenters. The average Bonchev–Trinajstić information content (AvgIpc) is 3.55. The number of aromatic nitrogens is 10. The van der Waals surface area contributed by atoms with Gasteiger partial charge in [0.05, 0.1) is 92.4 Å². The number of halogens is 1. The summed E-state index contributed by atoms with van der Waals surface area (Å²) in [6.07, 6.45) is 25.2. The number of phenolic OH excluding ortho intramolecular Hbond substituents is 1. The van der Waals surface area contributed by atoms with Crippen LogP contribution in [-0.2, 0) is 14.2 Å². The Hall–Kier alpha value is -7.60. The first-order chi connectivity index (χ1) is 39.4. The van der Waals surface area contributed by atoms with Crippen LogP contribution in [0, 0.1) is 0 Å². The molecule has 5 aromatic heterocycles. The summed E-state index contributed by atoms with van der Waals surface area (Å²) in [6, 6.07) is 12.8. The lowest BCUT2D eigenvalue weighted by Gasteiger charge is -2.31. The van der Waals surface area contributed by atoms with Crippen molar-refractivity contribution < 1.29 is 33.5 Å². The highest BCUT2D eigenvalue weighted by Crippen LogP contribution is 2.36. The molecule has 80 heavy (non-hydrogen) atoms. The molecule has 0 spiro atoms. The van der Waals surface area contributed by atoms with Gasteiger partial charge in [-0.1, -0.05) is 0 Å². The van der Waals surface area contributed by atoms with E-state index in [0.717, 1.165) is 185 Å². The van der Waals surface area contributed by atoms with E-state index in [-0.39, 0.29) is 18.0 Å². The highest BCUT2D eigenvalue weighted by atomic mass is 79.9. The normalized spacial score (nSPS) is 20.4. The number of phenols is 1. The van der Waals surface area contributed by atoms with Crippen LogP contribution in [0.1, 0.15) is 51.4 Å². The maximum atomic E-state index is 9.92. The van der Waals surface area contributed by atoms with Crippen LogP contribution in [0.2, 0.25) is 0 Å². The zero-order valence-electron chi connectivity index (χ0n) is 44.8. The Morgan fingerprint density at radius 1 is 0.463 bits per heavy atom. The minimum absolute atomic E-state index is 0.148. The van der Waals surface area contributed by atoms with Crippen molar-refractivity contribution in [2.45, 2.75) is 75.7 Å². The monoisotopic (exact) mass is 1150 g/mol. The van der Waals surface area contributed by atoms with Crippen molar-refractivity contribution in [2.24, 2.45) is 0 Å². The number of aromatic hydroxyl groups is 1. The molecule has 0 amide bonds. The molecule has 0 radical (unpaired) electrons. The molecule has 5 aliphatic rings. The lowest BCUT2D eigenvalue weighted by Crippen LogP contribution is -2.36. The van der Waals surface area contributed by atoms with E-state index in [0.29, 0.717) is 40.8 Å². The summed E-state index contributed by atoms with van der Waals surface area (Å²) in [7, 11) is 1.61. The van der Waals surface area contributed by atoms with Crippen molar-refractivity contribution in [1.29, 1.82) is 0 Å². The van der Waals surface area contributed by atoms with E-state index in [1.807, 2.05) is 6.07 Å². The summed E-state index contributed by atoms with van der Waals surface area (Å²) in [6.45, 7) is 9.58. The molecule has 2 saturated carbocycles. The quantitative estimate of drug-likeness (QED) is 0.105. The van der Waals surface area contributed by atoms with E-state index in [4.69, 9.17) is 28.4 Å². The maximum Gasteiger partial charge on any atom is 0.223 e. The molecule has 3 saturated heterocycles. The van der Waals surface area contributed by atoms with Gasteiger partial charge in [0.2, 0.25) is 11.9 Å². The summed E-state index contributed by atoms with van der Waals surface area (Å²) < 4.78 is 35.3. The smallest absolute Gasteiger partial charge is 0.223 e. The van der Waals surface area contributed by atoms with Crippen LogP contribution in [-0.4, -0.2) is 165 Å². The molecule has 3 aromatic carbocycles. The van der Waals surface area contributed by atoms with Gasteiger partial charge >= 0.3 is 0 Å². The van der Waals surface area contributed by atoms with Gasteiger partial charge in [0.1, 0.15) is 33.8 Å². The first-order valence-electron chi connectivity index (χ1n) is 27.5. The summed E-state index contributed by atoms with van der Waals surface area (Å²) in [5, 5.41) is 16.8. The number of hydrogen-bond acceptors (Lipinski definition) is 22. The minimum Gasteiger partial charge on any atom is -0.506 e. The van der Waals surface area contributed by atoms with Gasteiger partial charge in [0.15, 0.2) is 5.75 Å². The number of nitrogens with zero attached hydrogens (tertiary/aromatic N) is 13. The van der Waals surface area contributed by atoms with Crippen molar-refractivity contribution in [3.8, 4) is 23.0 Å². The Morgan fingerprint density at radius 3 is 1.24 bits per heavy atom. The van der Waals surface area contributed by atoms with E-state index < -0.39 is 0 Å². The molecule has 22 nitrogen and oxygen atoms in total. The van der Waals surface area contributed by atoms with Crippen LogP contribution >= 0.6 is 15.9 Å². The van der Waals surface area contributed by atoms with Crippen molar-refractivity contribution in [3.63, 3.8) is 0 Å². The lowest BCUT2D eigenvalue weighted by atomic mass is 9.93. The topological polar surface area (TPSA) is 238 Å². The Kier molecular flexibility index (Phi) is 18.1. The third kappa shape index (κ3) is 14.0. The summed E-state index contributed by atoms with van der Waals surface area (Å²) in [4.78, 5) is 50.6. The van der Waals surface area contributed by atoms with Gasteiger partial charge in [-0.05, 0) is 85.5 Å². The molecule has 0 bridgehead atoms. The third-order valence-corrected chi connectivity index (χ3v) is 15.2. The predicted molar refractivity (Wildman–Crippen MR) is 308 cm³/mol. The first-order valence-corrected chi connectivity index (χ1v) is 28.3. The molecule has 8 aromatic rings. The molecule has 13 rings (SSSR count). The van der Waals surface area contributed by atoms with E-state index in [2.05, 4.69) is 115 Å². The molecule has 2 aliphatic carbocycles. The van der Waals surface area contributed by atoms with E-state index in [1.165, 1.54) is 0 Å². The second-order valence-electron chi connectivity index (χ2n) is 20.1. The number of morpholine rings is 3. The highest BCUT2D eigenvalue weighted by Gasteiger charge is 2.27. The third-order valence-electron chi connectivity index (χ3n) is 14.8. The van der Waals surface area contributed by atoms with Crippen molar-refractivity contribution in [3.05, 3.63) is 103 Å². The van der Waals surface area contributed by atoms with Crippen molar-refractivity contribution in [2.75, 3.05) is 111 Å². The van der Waals surface area contributed by atoms with Crippen LogP contribution < -0.4 is 39.5 Å². The number of hydrogen-bond donors (Lipinski definition) is 3. The average molecular weight is 1150 g/mol. The van der Waals surface area contributed by atoms with Gasteiger partial charge in [-0.3, -0.25) is 15.0 Å². The zero-order chi connectivity index (χ0) is 54.5. The first kappa shape index (κ1) is 54.4. The molecule has 418 valence electrons. The number of anilines is 5. The van der Waals surface area contributed by atoms with Crippen LogP contribution in [0.4, 0.5) is 29.0 Å². The minimum atomic E-state index is 0.148. The Labute approximate surface area is 472 Å². The Balaban J connectivity index is 0.000000132. The fourth-order valence-corrected chi connectivity index (χ4v) is 10.8. The summed E-state index contributed by atoms with van der Waals surface area (Å²) in [5.74, 6) is 3.77.